The van der Waals surface area contributed by atoms with Gasteiger partial charge in [0.25, 0.3) is 0 Å². The number of pyridine rings is 1. The largest absolute Gasteiger partial charge is 0.417 e. The number of halogens is 5. The van der Waals surface area contributed by atoms with Gasteiger partial charge in [-0.15, -0.1) is 0 Å². The number of anilines is 1. The molecule has 0 unspecified atom stereocenters. The molecule has 0 spiro atoms. The van der Waals surface area contributed by atoms with Gasteiger partial charge in [0.05, 0.1) is 20.5 Å². The summed E-state index contributed by atoms with van der Waals surface area (Å²) in [6.07, 6.45) is -2.25. The zero-order chi connectivity index (χ0) is 28.7. The monoisotopic (exact) mass is 605 g/mol. The van der Waals surface area contributed by atoms with Gasteiger partial charge < -0.3 is 4.90 Å². The molecule has 0 radical (unpaired) electrons. The minimum absolute atomic E-state index is 0.0386. The van der Waals surface area contributed by atoms with Crippen LogP contribution in [0.4, 0.5) is 19.0 Å². The summed E-state index contributed by atoms with van der Waals surface area (Å²) >= 11 is 12.7. The molecule has 0 N–H and O–H groups in total. The normalized spacial score (nSPS) is 18.1. The first-order chi connectivity index (χ1) is 18.2. The minimum Gasteiger partial charge on any atom is -0.353 e. The maximum absolute atomic E-state index is 13.2. The van der Waals surface area contributed by atoms with Gasteiger partial charge in [-0.2, -0.15) is 13.2 Å². The smallest absolute Gasteiger partial charge is 0.353 e. The Labute approximate surface area is 233 Å². The number of hydrogen-bond donors (Lipinski definition) is 0. The van der Waals surface area contributed by atoms with Crippen molar-refractivity contribution >= 4 is 56.2 Å². The van der Waals surface area contributed by atoms with Gasteiger partial charge in [-0.25, -0.2) is 13.4 Å². The fourth-order valence-corrected chi connectivity index (χ4v) is 6.39. The number of nitrogens with zero attached hydrogens (tertiary/aromatic N) is 3. The summed E-state index contributed by atoms with van der Waals surface area (Å²) < 4.78 is 63.9. The maximum Gasteiger partial charge on any atom is 0.417 e. The summed E-state index contributed by atoms with van der Waals surface area (Å²) in [6.45, 7) is 1.41. The highest BCUT2D eigenvalue weighted by molar-refractivity contribution is 7.90. The zero-order valence-electron chi connectivity index (χ0n) is 20.7. The second kappa shape index (κ2) is 11.1. The molecule has 4 rings (SSSR count). The number of sulfone groups is 1. The van der Waals surface area contributed by atoms with Crippen LogP contribution in [0, 0.1) is 5.92 Å². The first kappa shape index (κ1) is 29.4. The van der Waals surface area contributed by atoms with Gasteiger partial charge in [-0.05, 0) is 24.6 Å². The number of alkyl halides is 3. The minimum atomic E-state index is -4.57. The summed E-state index contributed by atoms with van der Waals surface area (Å²) in [4.78, 5) is 45.2. The van der Waals surface area contributed by atoms with Crippen LogP contribution in [0.3, 0.4) is 0 Å². The molecular weight excluding hydrogens is 582 g/mol. The number of aromatic nitrogens is 1. The van der Waals surface area contributed by atoms with Crippen molar-refractivity contribution in [3.05, 3.63) is 51.1 Å². The SMILES string of the molecule is CS(=O)(=O)c1ccc(C(=O)C2C(=O)CCCC2=O)c(Cl)c1CN1CCN(c2ncc(C(F)(F)F)cc2Cl)CC1. The van der Waals surface area contributed by atoms with E-state index in [1.165, 1.54) is 12.1 Å². The van der Waals surface area contributed by atoms with Crippen molar-refractivity contribution in [1.82, 2.24) is 9.88 Å². The third-order valence-electron chi connectivity index (χ3n) is 6.82. The Kier molecular flexibility index (Phi) is 8.42. The third kappa shape index (κ3) is 6.29. The highest BCUT2D eigenvalue weighted by Gasteiger charge is 2.38. The molecule has 1 aromatic heterocycles. The molecule has 8 nitrogen and oxygen atoms in total. The summed E-state index contributed by atoms with van der Waals surface area (Å²) in [7, 11) is -3.76. The van der Waals surface area contributed by atoms with E-state index < -0.39 is 44.8 Å². The highest BCUT2D eigenvalue weighted by atomic mass is 35.5. The van der Waals surface area contributed by atoms with E-state index in [4.69, 9.17) is 23.2 Å². The van der Waals surface area contributed by atoms with Crippen molar-refractivity contribution in [2.75, 3.05) is 37.3 Å². The van der Waals surface area contributed by atoms with Crippen molar-refractivity contribution in [1.29, 1.82) is 0 Å². The van der Waals surface area contributed by atoms with Crippen LogP contribution in [0.15, 0.2) is 29.3 Å². The van der Waals surface area contributed by atoms with E-state index in [1.54, 1.807) is 4.90 Å². The molecule has 14 heteroatoms. The number of ketones is 3. The Hall–Kier alpha value is -2.54. The number of benzene rings is 1. The average Bonchev–Trinajstić information content (AvgIpc) is 2.84. The predicted octanol–water partition coefficient (Wildman–Crippen LogP) is 4.25. The lowest BCUT2D eigenvalue weighted by Gasteiger charge is -2.36. The number of carbonyl (C=O) groups excluding carboxylic acids is 3. The highest BCUT2D eigenvalue weighted by Crippen LogP contribution is 2.35. The van der Waals surface area contributed by atoms with Crippen molar-refractivity contribution in [2.45, 2.75) is 36.9 Å². The second-order valence-electron chi connectivity index (χ2n) is 9.55. The lowest BCUT2D eigenvalue weighted by atomic mass is 9.81. The van der Waals surface area contributed by atoms with E-state index in [2.05, 4.69) is 4.98 Å². The lowest BCUT2D eigenvalue weighted by Crippen LogP contribution is -2.46. The maximum atomic E-state index is 13.2. The van der Waals surface area contributed by atoms with Crippen LogP contribution < -0.4 is 4.90 Å². The summed E-state index contributed by atoms with van der Waals surface area (Å²) in [6, 6.07) is 3.30. The van der Waals surface area contributed by atoms with Gasteiger partial charge in [0.2, 0.25) is 0 Å². The molecular formula is C25H24Cl2F3N3O5S. The van der Waals surface area contributed by atoms with E-state index >= 15 is 0 Å². The first-order valence-electron chi connectivity index (χ1n) is 12.0. The van der Waals surface area contributed by atoms with E-state index in [-0.39, 0.29) is 51.3 Å². The summed E-state index contributed by atoms with van der Waals surface area (Å²) in [5, 5.41) is -0.275. The molecule has 0 bridgehead atoms. The lowest BCUT2D eigenvalue weighted by molar-refractivity contribution is -0.138. The van der Waals surface area contributed by atoms with E-state index in [9.17, 15) is 36.0 Å². The van der Waals surface area contributed by atoms with Crippen LogP contribution in [0.1, 0.15) is 40.7 Å². The molecule has 1 aromatic carbocycles. The van der Waals surface area contributed by atoms with Crippen molar-refractivity contribution in [3.63, 3.8) is 0 Å². The van der Waals surface area contributed by atoms with E-state index in [0.29, 0.717) is 32.6 Å². The number of carbonyl (C=O) groups is 3. The molecule has 0 atom stereocenters. The molecule has 39 heavy (non-hydrogen) atoms. The number of Topliss-reactive ketones (excluding diaryl/α,β-unsaturated/α-hetero) is 3. The van der Waals surface area contributed by atoms with E-state index in [0.717, 1.165) is 18.5 Å². The van der Waals surface area contributed by atoms with E-state index in [1.807, 2.05) is 4.90 Å². The summed E-state index contributed by atoms with van der Waals surface area (Å²) in [5.74, 6) is -2.95. The molecule has 2 aliphatic rings. The summed E-state index contributed by atoms with van der Waals surface area (Å²) in [5.41, 5.74) is -0.879. The van der Waals surface area contributed by atoms with Gasteiger partial charge >= 0.3 is 6.18 Å². The van der Waals surface area contributed by atoms with Crippen LogP contribution in [-0.4, -0.2) is 68.1 Å². The van der Waals surface area contributed by atoms with Crippen LogP contribution in [-0.2, 0) is 32.1 Å². The van der Waals surface area contributed by atoms with Crippen LogP contribution in [0.5, 0.6) is 0 Å². The Morgan fingerprint density at radius 1 is 1.08 bits per heavy atom. The molecule has 1 aliphatic heterocycles. The Morgan fingerprint density at radius 2 is 1.69 bits per heavy atom. The number of piperazine rings is 1. The molecule has 2 aromatic rings. The standard InChI is InChI=1S/C25H24Cl2F3N3O5S/c1-39(37,38)20-6-5-15(23(36)21-18(34)3-2-4-19(21)35)22(27)16(20)13-32-7-9-33(10-8-32)24-17(26)11-14(12-31-24)25(28,29)30/h5-6,11-12,21H,2-4,7-10,13H2,1H3. The average molecular weight is 606 g/mol. The van der Waals surface area contributed by atoms with Gasteiger partial charge in [0.1, 0.15) is 11.7 Å². The van der Waals surface area contributed by atoms with Gasteiger partial charge in [0.15, 0.2) is 27.2 Å². The number of rotatable bonds is 6. The zero-order valence-corrected chi connectivity index (χ0v) is 23.1. The topological polar surface area (TPSA) is 105 Å². The van der Waals surface area contributed by atoms with Gasteiger partial charge in [-0.3, -0.25) is 19.3 Å². The molecule has 1 saturated carbocycles. The van der Waals surface area contributed by atoms with Crippen LogP contribution in [0.2, 0.25) is 10.0 Å². The molecule has 1 aliphatic carbocycles. The second-order valence-corrected chi connectivity index (χ2v) is 12.3. The number of hydrogen-bond acceptors (Lipinski definition) is 8. The quantitative estimate of drug-likeness (QED) is 0.355. The fraction of sp³-hybridized carbons (Fsp3) is 0.440. The predicted molar refractivity (Wildman–Crippen MR) is 138 cm³/mol. The first-order valence-corrected chi connectivity index (χ1v) is 14.6. The van der Waals surface area contributed by atoms with Gasteiger partial charge in [-0.1, -0.05) is 23.2 Å². The van der Waals surface area contributed by atoms with Gasteiger partial charge in [0, 0.05) is 69.1 Å². The van der Waals surface area contributed by atoms with Crippen molar-refractivity contribution in [3.8, 4) is 0 Å². The molecule has 1 saturated heterocycles. The van der Waals surface area contributed by atoms with Crippen LogP contribution >= 0.6 is 23.2 Å². The molecule has 2 fully saturated rings. The van der Waals surface area contributed by atoms with Crippen LogP contribution in [0.25, 0.3) is 0 Å². The van der Waals surface area contributed by atoms with Crippen molar-refractivity contribution < 1.29 is 36.0 Å². The third-order valence-corrected chi connectivity index (χ3v) is 8.71. The fourth-order valence-electron chi connectivity index (χ4n) is 4.80. The van der Waals surface area contributed by atoms with Crippen molar-refractivity contribution in [2.24, 2.45) is 5.92 Å². The Bertz CT molecular complexity index is 1430. The Morgan fingerprint density at radius 3 is 2.23 bits per heavy atom. The molecule has 210 valence electrons. The molecule has 2 heterocycles. The Balaban J connectivity index is 1.56. The molecule has 0 amide bonds.